The largest absolute Gasteiger partial charge is 0.378 e. The van der Waals surface area contributed by atoms with Crippen LogP contribution in [0.2, 0.25) is 0 Å². The zero-order chi connectivity index (χ0) is 18.8. The SMILES string of the molecule is c1ccc(-c2cc(N3CCOCC3)nc(N3CCC4(CC3)OCCO4)n2)cc1. The quantitative estimate of drug-likeness (QED) is 0.807. The summed E-state index contributed by atoms with van der Waals surface area (Å²) in [6.45, 7) is 6.25. The van der Waals surface area contributed by atoms with Gasteiger partial charge in [-0.3, -0.25) is 0 Å². The van der Waals surface area contributed by atoms with Crippen molar-refractivity contribution in [2.45, 2.75) is 18.6 Å². The molecule has 0 atom stereocenters. The van der Waals surface area contributed by atoms with Gasteiger partial charge in [0, 0.05) is 50.7 Å². The molecule has 2 aromatic rings. The third kappa shape index (κ3) is 3.57. The normalized spacial score (nSPS) is 22.0. The lowest BCUT2D eigenvalue weighted by Gasteiger charge is -2.38. The van der Waals surface area contributed by atoms with E-state index in [0.29, 0.717) is 13.2 Å². The van der Waals surface area contributed by atoms with Crippen LogP contribution in [0.15, 0.2) is 36.4 Å². The summed E-state index contributed by atoms with van der Waals surface area (Å²) in [5.74, 6) is 1.37. The van der Waals surface area contributed by atoms with Gasteiger partial charge in [-0.2, -0.15) is 4.98 Å². The summed E-state index contributed by atoms with van der Waals surface area (Å²) in [5.41, 5.74) is 2.07. The first-order valence-electron chi connectivity index (χ1n) is 10.1. The minimum atomic E-state index is -0.388. The highest BCUT2D eigenvalue weighted by Gasteiger charge is 2.40. The second-order valence-electron chi connectivity index (χ2n) is 7.47. The number of rotatable bonds is 3. The fraction of sp³-hybridized carbons (Fsp3) is 0.524. The van der Waals surface area contributed by atoms with E-state index in [1.54, 1.807) is 0 Å². The molecular formula is C21H26N4O3. The van der Waals surface area contributed by atoms with Crippen LogP contribution in [0.25, 0.3) is 11.3 Å². The Bertz CT molecular complexity index is 795. The lowest BCUT2D eigenvalue weighted by Crippen LogP contribution is -2.46. The van der Waals surface area contributed by atoms with Crippen molar-refractivity contribution in [2.24, 2.45) is 0 Å². The van der Waals surface area contributed by atoms with Gasteiger partial charge in [-0.05, 0) is 0 Å². The molecular weight excluding hydrogens is 356 g/mol. The summed E-state index contributed by atoms with van der Waals surface area (Å²) in [5, 5.41) is 0. The molecule has 7 heteroatoms. The van der Waals surface area contributed by atoms with Gasteiger partial charge in [-0.25, -0.2) is 4.98 Å². The number of ether oxygens (including phenoxy) is 3. The maximum Gasteiger partial charge on any atom is 0.227 e. The van der Waals surface area contributed by atoms with Crippen LogP contribution in [0.3, 0.4) is 0 Å². The van der Waals surface area contributed by atoms with Crippen molar-refractivity contribution in [1.82, 2.24) is 9.97 Å². The summed E-state index contributed by atoms with van der Waals surface area (Å²) in [6, 6.07) is 12.4. The summed E-state index contributed by atoms with van der Waals surface area (Å²) < 4.78 is 17.2. The minimum Gasteiger partial charge on any atom is -0.378 e. The van der Waals surface area contributed by atoms with Crippen LogP contribution in [-0.2, 0) is 14.2 Å². The number of anilines is 2. The van der Waals surface area contributed by atoms with Gasteiger partial charge in [0.05, 0.1) is 32.1 Å². The Morgan fingerprint density at radius 1 is 0.786 bits per heavy atom. The number of aromatic nitrogens is 2. The van der Waals surface area contributed by atoms with Crippen LogP contribution in [0.1, 0.15) is 12.8 Å². The van der Waals surface area contributed by atoms with E-state index in [2.05, 4.69) is 28.0 Å². The first-order valence-corrected chi connectivity index (χ1v) is 10.1. The maximum absolute atomic E-state index is 5.87. The molecule has 1 aromatic heterocycles. The lowest BCUT2D eigenvalue weighted by atomic mass is 10.0. The van der Waals surface area contributed by atoms with Gasteiger partial charge in [0.2, 0.25) is 5.95 Å². The Morgan fingerprint density at radius 3 is 2.21 bits per heavy atom. The number of hydrogen-bond acceptors (Lipinski definition) is 7. The number of nitrogens with zero attached hydrogens (tertiary/aromatic N) is 4. The standard InChI is InChI=1S/C21H26N4O3/c1-2-4-17(5-3-1)18-16-19(24-10-12-26-13-11-24)23-20(22-18)25-8-6-21(7-9-25)27-14-15-28-21/h1-5,16H,6-15H2. The minimum absolute atomic E-state index is 0.388. The highest BCUT2D eigenvalue weighted by molar-refractivity contribution is 5.65. The molecule has 1 aromatic carbocycles. The lowest BCUT2D eigenvalue weighted by molar-refractivity contribution is -0.169. The molecule has 3 aliphatic heterocycles. The molecule has 28 heavy (non-hydrogen) atoms. The van der Waals surface area contributed by atoms with E-state index in [4.69, 9.17) is 24.2 Å². The Hall–Kier alpha value is -2.22. The Labute approximate surface area is 165 Å². The second-order valence-corrected chi connectivity index (χ2v) is 7.47. The molecule has 0 radical (unpaired) electrons. The van der Waals surface area contributed by atoms with E-state index in [1.807, 2.05) is 18.2 Å². The average molecular weight is 382 g/mol. The third-order valence-corrected chi connectivity index (χ3v) is 5.73. The fourth-order valence-corrected chi connectivity index (χ4v) is 4.11. The zero-order valence-corrected chi connectivity index (χ0v) is 16.0. The Balaban J connectivity index is 1.44. The van der Waals surface area contributed by atoms with Gasteiger partial charge in [0.25, 0.3) is 0 Å². The highest BCUT2D eigenvalue weighted by Crippen LogP contribution is 2.33. The predicted octanol–water partition coefficient (Wildman–Crippen LogP) is 2.32. The van der Waals surface area contributed by atoms with Gasteiger partial charge < -0.3 is 24.0 Å². The molecule has 0 N–H and O–H groups in total. The van der Waals surface area contributed by atoms with Crippen LogP contribution in [0, 0.1) is 0 Å². The topological polar surface area (TPSA) is 60.0 Å². The van der Waals surface area contributed by atoms with Crippen LogP contribution in [0.5, 0.6) is 0 Å². The zero-order valence-electron chi connectivity index (χ0n) is 16.0. The van der Waals surface area contributed by atoms with Gasteiger partial charge in [-0.1, -0.05) is 30.3 Å². The number of morpholine rings is 1. The molecule has 0 bridgehead atoms. The van der Waals surface area contributed by atoms with Crippen molar-refractivity contribution >= 4 is 11.8 Å². The molecule has 7 nitrogen and oxygen atoms in total. The molecule has 3 fully saturated rings. The third-order valence-electron chi connectivity index (χ3n) is 5.73. The molecule has 3 saturated heterocycles. The van der Waals surface area contributed by atoms with Crippen LogP contribution in [0.4, 0.5) is 11.8 Å². The first-order chi connectivity index (χ1) is 13.8. The van der Waals surface area contributed by atoms with Crippen molar-refractivity contribution in [3.63, 3.8) is 0 Å². The van der Waals surface area contributed by atoms with E-state index in [0.717, 1.165) is 75.3 Å². The predicted molar refractivity (Wildman–Crippen MR) is 107 cm³/mol. The van der Waals surface area contributed by atoms with Gasteiger partial charge >= 0.3 is 0 Å². The van der Waals surface area contributed by atoms with Crippen molar-refractivity contribution in [3.8, 4) is 11.3 Å². The maximum atomic E-state index is 5.87. The van der Waals surface area contributed by atoms with E-state index >= 15 is 0 Å². The van der Waals surface area contributed by atoms with E-state index < -0.39 is 0 Å². The summed E-state index contributed by atoms with van der Waals surface area (Å²) in [7, 11) is 0. The van der Waals surface area contributed by atoms with Crippen molar-refractivity contribution in [3.05, 3.63) is 36.4 Å². The average Bonchev–Trinajstić information content (AvgIpc) is 3.23. The van der Waals surface area contributed by atoms with Crippen LogP contribution < -0.4 is 9.80 Å². The van der Waals surface area contributed by atoms with Gasteiger partial charge in [0.1, 0.15) is 5.82 Å². The highest BCUT2D eigenvalue weighted by atomic mass is 16.7. The van der Waals surface area contributed by atoms with E-state index in [-0.39, 0.29) is 5.79 Å². The van der Waals surface area contributed by atoms with E-state index in [9.17, 15) is 0 Å². The number of benzene rings is 1. The van der Waals surface area contributed by atoms with Gasteiger partial charge in [0.15, 0.2) is 5.79 Å². The molecule has 148 valence electrons. The molecule has 0 aliphatic carbocycles. The number of piperidine rings is 1. The van der Waals surface area contributed by atoms with Crippen LogP contribution in [-0.4, -0.2) is 68.4 Å². The number of hydrogen-bond donors (Lipinski definition) is 0. The monoisotopic (exact) mass is 382 g/mol. The smallest absolute Gasteiger partial charge is 0.227 e. The van der Waals surface area contributed by atoms with Crippen molar-refractivity contribution in [2.75, 3.05) is 62.4 Å². The molecule has 3 aliphatic rings. The first kappa shape index (κ1) is 17.8. The second kappa shape index (κ2) is 7.66. The Kier molecular flexibility index (Phi) is 4.88. The molecule has 0 saturated carbocycles. The summed E-state index contributed by atoms with van der Waals surface area (Å²) >= 11 is 0. The molecule has 4 heterocycles. The molecule has 0 amide bonds. The molecule has 5 rings (SSSR count). The summed E-state index contributed by atoms with van der Waals surface area (Å²) in [4.78, 5) is 14.4. The van der Waals surface area contributed by atoms with Gasteiger partial charge in [-0.15, -0.1) is 0 Å². The van der Waals surface area contributed by atoms with E-state index in [1.165, 1.54) is 0 Å². The molecule has 1 spiro atoms. The fourth-order valence-electron chi connectivity index (χ4n) is 4.11. The van der Waals surface area contributed by atoms with Crippen molar-refractivity contribution < 1.29 is 14.2 Å². The summed E-state index contributed by atoms with van der Waals surface area (Å²) in [6.07, 6.45) is 1.69. The molecule has 0 unspecified atom stereocenters. The van der Waals surface area contributed by atoms with Crippen LogP contribution >= 0.6 is 0 Å². The van der Waals surface area contributed by atoms with Crippen molar-refractivity contribution in [1.29, 1.82) is 0 Å². The Morgan fingerprint density at radius 2 is 1.50 bits per heavy atom.